The lowest BCUT2D eigenvalue weighted by Gasteiger charge is -2.36. The molecular formula is C19H23N3O3. The first-order valence-electron chi connectivity index (χ1n) is 8.71. The van der Waals surface area contributed by atoms with Gasteiger partial charge in [-0.15, -0.1) is 0 Å². The lowest BCUT2D eigenvalue weighted by molar-refractivity contribution is -0.227. The van der Waals surface area contributed by atoms with E-state index in [4.69, 9.17) is 9.47 Å². The Morgan fingerprint density at radius 2 is 2.24 bits per heavy atom. The molecule has 4 rings (SSSR count). The molecule has 1 aliphatic carbocycles. The predicted molar refractivity (Wildman–Crippen MR) is 94.0 cm³/mol. The quantitative estimate of drug-likeness (QED) is 0.895. The number of benzene rings is 1. The number of H-pyrrole nitrogens is 1. The first kappa shape index (κ1) is 16.3. The number of carbonyl (C=O) groups excluding carboxylic acids is 1. The summed E-state index contributed by atoms with van der Waals surface area (Å²) in [6.45, 7) is 2.55. The Labute approximate surface area is 146 Å². The Bertz CT molecular complexity index is 775. The first-order valence-corrected chi connectivity index (χ1v) is 8.71. The van der Waals surface area contributed by atoms with Gasteiger partial charge in [-0.05, 0) is 37.8 Å². The molecule has 2 aromatic rings. The molecule has 6 nitrogen and oxygen atoms in total. The molecule has 2 aliphatic rings. The van der Waals surface area contributed by atoms with Gasteiger partial charge in [-0.1, -0.05) is 12.1 Å². The number of aryl methyl sites for hydroxylation is 1. The zero-order valence-corrected chi connectivity index (χ0v) is 14.6. The Balaban J connectivity index is 1.64. The number of hydrogen-bond donors (Lipinski definition) is 2. The summed E-state index contributed by atoms with van der Waals surface area (Å²) < 4.78 is 11.6. The van der Waals surface area contributed by atoms with Gasteiger partial charge >= 0.3 is 0 Å². The van der Waals surface area contributed by atoms with Crippen LogP contribution in [0.3, 0.4) is 0 Å². The van der Waals surface area contributed by atoms with Crippen molar-refractivity contribution in [2.24, 2.45) is 5.41 Å². The molecular weight excluding hydrogens is 318 g/mol. The number of nitrogens with zero attached hydrogens (tertiary/aromatic N) is 1. The molecule has 1 aromatic heterocycles. The molecule has 2 atom stereocenters. The maximum absolute atomic E-state index is 13.2. The summed E-state index contributed by atoms with van der Waals surface area (Å²) in [5.74, 6) is -0.00196. The number of imidazole rings is 1. The van der Waals surface area contributed by atoms with Crippen molar-refractivity contribution < 1.29 is 14.3 Å². The summed E-state index contributed by atoms with van der Waals surface area (Å²) in [5.41, 5.74) is 2.15. The number of aromatic amines is 1. The van der Waals surface area contributed by atoms with Crippen LogP contribution in [0, 0.1) is 12.3 Å². The molecule has 1 aliphatic heterocycles. The molecule has 2 heterocycles. The van der Waals surface area contributed by atoms with Crippen LogP contribution in [0.15, 0.2) is 30.6 Å². The lowest BCUT2D eigenvalue weighted by Crippen LogP contribution is -2.49. The number of hydrogen-bond acceptors (Lipinski definition) is 4. The summed E-state index contributed by atoms with van der Waals surface area (Å²) in [6.07, 6.45) is 6.70. The second-order valence-electron chi connectivity index (χ2n) is 6.91. The van der Waals surface area contributed by atoms with Gasteiger partial charge in [0.2, 0.25) is 5.91 Å². The first-order chi connectivity index (χ1) is 12.1. The van der Waals surface area contributed by atoms with Crippen LogP contribution in [-0.2, 0) is 14.3 Å². The van der Waals surface area contributed by atoms with Crippen molar-refractivity contribution >= 4 is 11.6 Å². The molecule has 0 unspecified atom stereocenters. The minimum absolute atomic E-state index is 0.0101. The van der Waals surface area contributed by atoms with Crippen LogP contribution in [0.25, 0.3) is 11.4 Å². The Morgan fingerprint density at radius 3 is 3.00 bits per heavy atom. The van der Waals surface area contributed by atoms with Crippen molar-refractivity contribution in [2.75, 3.05) is 19.0 Å². The number of anilines is 1. The number of methoxy groups -OCH3 is 1. The van der Waals surface area contributed by atoms with Crippen molar-refractivity contribution in [3.05, 3.63) is 36.2 Å². The van der Waals surface area contributed by atoms with E-state index in [9.17, 15) is 4.79 Å². The maximum atomic E-state index is 13.2. The zero-order chi connectivity index (χ0) is 17.5. The smallest absolute Gasteiger partial charge is 0.236 e. The van der Waals surface area contributed by atoms with Crippen molar-refractivity contribution in [1.29, 1.82) is 0 Å². The molecule has 0 radical (unpaired) electrons. The molecule has 25 heavy (non-hydrogen) atoms. The SMILES string of the molecule is CO[C@]12CCC[C@@]1(C(=O)Nc1cc(-c3ncc[nH]3)ccc1C)CCO2. The third-order valence-corrected chi connectivity index (χ3v) is 5.72. The summed E-state index contributed by atoms with van der Waals surface area (Å²) in [7, 11) is 1.64. The highest BCUT2D eigenvalue weighted by Crippen LogP contribution is 2.56. The van der Waals surface area contributed by atoms with Crippen LogP contribution in [0.5, 0.6) is 0 Å². The average Bonchev–Trinajstić information content (AvgIpc) is 3.31. The van der Waals surface area contributed by atoms with E-state index < -0.39 is 11.2 Å². The number of nitrogens with one attached hydrogen (secondary N) is 2. The van der Waals surface area contributed by atoms with Gasteiger partial charge in [0.15, 0.2) is 5.79 Å². The van der Waals surface area contributed by atoms with Crippen molar-refractivity contribution in [3.63, 3.8) is 0 Å². The topological polar surface area (TPSA) is 76.2 Å². The minimum atomic E-state index is -0.774. The lowest BCUT2D eigenvalue weighted by atomic mass is 9.79. The van der Waals surface area contributed by atoms with Crippen molar-refractivity contribution in [3.8, 4) is 11.4 Å². The van der Waals surface area contributed by atoms with E-state index in [0.717, 1.165) is 41.9 Å². The molecule has 1 saturated heterocycles. The number of amides is 1. The Hall–Kier alpha value is -2.18. The maximum Gasteiger partial charge on any atom is 0.236 e. The number of rotatable bonds is 4. The molecule has 1 aromatic carbocycles. The fourth-order valence-corrected chi connectivity index (χ4v) is 4.29. The van der Waals surface area contributed by atoms with E-state index in [-0.39, 0.29) is 5.91 Å². The van der Waals surface area contributed by atoms with Crippen LogP contribution in [0.2, 0.25) is 0 Å². The van der Waals surface area contributed by atoms with Crippen LogP contribution in [-0.4, -0.2) is 35.4 Å². The zero-order valence-electron chi connectivity index (χ0n) is 14.6. The Kier molecular flexibility index (Phi) is 3.89. The van der Waals surface area contributed by atoms with Gasteiger partial charge < -0.3 is 19.8 Å². The van der Waals surface area contributed by atoms with Crippen LogP contribution >= 0.6 is 0 Å². The highest BCUT2D eigenvalue weighted by Gasteiger charge is 2.64. The highest BCUT2D eigenvalue weighted by molar-refractivity contribution is 5.97. The fourth-order valence-electron chi connectivity index (χ4n) is 4.29. The van der Waals surface area contributed by atoms with Crippen molar-refractivity contribution in [2.45, 2.75) is 38.4 Å². The normalized spacial score (nSPS) is 28.1. The van der Waals surface area contributed by atoms with Gasteiger partial charge in [0.25, 0.3) is 0 Å². The number of aromatic nitrogens is 2. The second kappa shape index (κ2) is 5.97. The molecule has 1 saturated carbocycles. The summed E-state index contributed by atoms with van der Waals surface area (Å²) in [4.78, 5) is 20.6. The third-order valence-electron chi connectivity index (χ3n) is 5.72. The van der Waals surface area contributed by atoms with Gasteiger partial charge in [-0.25, -0.2) is 4.98 Å². The molecule has 0 bridgehead atoms. The second-order valence-corrected chi connectivity index (χ2v) is 6.91. The average molecular weight is 341 g/mol. The molecule has 132 valence electrons. The Morgan fingerprint density at radius 1 is 1.36 bits per heavy atom. The monoisotopic (exact) mass is 341 g/mol. The van der Waals surface area contributed by atoms with Crippen molar-refractivity contribution in [1.82, 2.24) is 9.97 Å². The summed E-state index contributed by atoms with van der Waals surface area (Å²) in [5, 5.41) is 3.14. The van der Waals surface area contributed by atoms with E-state index >= 15 is 0 Å². The fraction of sp³-hybridized carbons (Fsp3) is 0.474. The van der Waals surface area contributed by atoms with Crippen LogP contribution < -0.4 is 5.32 Å². The largest absolute Gasteiger partial charge is 0.352 e. The predicted octanol–water partition coefficient (Wildman–Crippen LogP) is 3.26. The van der Waals surface area contributed by atoms with Gasteiger partial charge in [0.05, 0.1) is 6.61 Å². The summed E-state index contributed by atoms with van der Waals surface area (Å²) >= 11 is 0. The summed E-state index contributed by atoms with van der Waals surface area (Å²) in [6, 6.07) is 5.95. The van der Waals surface area contributed by atoms with Crippen LogP contribution in [0.1, 0.15) is 31.2 Å². The molecule has 2 N–H and O–H groups in total. The van der Waals surface area contributed by atoms with E-state index in [0.29, 0.717) is 13.0 Å². The standard InChI is InChI=1S/C19H23N3O3/c1-13-4-5-14(16-20-9-10-21-16)12-15(13)22-17(23)18-6-3-7-19(18,24-2)25-11-8-18/h4-5,9-10,12H,3,6-8,11H2,1-2H3,(H,20,21)(H,22,23)/t18-,19-/m0/s1. The van der Waals surface area contributed by atoms with E-state index in [2.05, 4.69) is 15.3 Å². The van der Waals surface area contributed by atoms with E-state index in [1.807, 2.05) is 25.1 Å². The third kappa shape index (κ3) is 2.40. The van der Waals surface area contributed by atoms with Gasteiger partial charge in [0, 0.05) is 37.2 Å². The van der Waals surface area contributed by atoms with E-state index in [1.54, 1.807) is 19.5 Å². The number of ether oxygens (including phenoxy) is 2. The van der Waals surface area contributed by atoms with Gasteiger partial charge in [-0.2, -0.15) is 0 Å². The number of fused-ring (bicyclic) bond motifs is 1. The minimum Gasteiger partial charge on any atom is -0.352 e. The van der Waals surface area contributed by atoms with E-state index in [1.165, 1.54) is 0 Å². The van der Waals surface area contributed by atoms with Gasteiger partial charge in [-0.3, -0.25) is 4.79 Å². The molecule has 1 amide bonds. The number of carbonyl (C=O) groups is 1. The van der Waals surface area contributed by atoms with Gasteiger partial charge in [0.1, 0.15) is 11.2 Å². The molecule has 0 spiro atoms. The van der Waals surface area contributed by atoms with Crippen LogP contribution in [0.4, 0.5) is 5.69 Å². The molecule has 2 fully saturated rings. The molecule has 6 heteroatoms. The highest BCUT2D eigenvalue weighted by atomic mass is 16.7.